The third-order valence-electron chi connectivity index (χ3n) is 2.74. The van der Waals surface area contributed by atoms with Crippen LogP contribution in [0.3, 0.4) is 0 Å². The fourth-order valence-electron chi connectivity index (χ4n) is 1.74. The maximum absolute atomic E-state index is 5.00. The van der Waals surface area contributed by atoms with Crippen molar-refractivity contribution in [1.29, 1.82) is 0 Å². The zero-order chi connectivity index (χ0) is 13.0. The van der Waals surface area contributed by atoms with Gasteiger partial charge in [0.1, 0.15) is 0 Å². The maximum atomic E-state index is 5.00. The van der Waals surface area contributed by atoms with Crippen LogP contribution in [0.25, 0.3) is 11.3 Å². The number of rotatable bonds is 5. The number of aromatic amines is 1. The Morgan fingerprint density at radius 3 is 2.72 bits per heavy atom. The number of aromatic nitrogens is 2. The van der Waals surface area contributed by atoms with Crippen molar-refractivity contribution in [3.8, 4) is 11.3 Å². The fraction of sp³-hybridized carbons (Fsp3) is 0.308. The van der Waals surface area contributed by atoms with Crippen molar-refractivity contribution in [2.24, 2.45) is 0 Å². The van der Waals surface area contributed by atoms with E-state index in [0.29, 0.717) is 6.61 Å². The number of benzene rings is 1. The summed E-state index contributed by atoms with van der Waals surface area (Å²) >= 11 is 3.43. The molecule has 1 heterocycles. The second-order valence-electron chi connectivity index (χ2n) is 4.00. The minimum absolute atomic E-state index is 0.667. The number of H-pyrrole nitrogens is 1. The first-order valence-electron chi connectivity index (χ1n) is 5.76. The van der Waals surface area contributed by atoms with E-state index in [0.717, 1.165) is 33.7 Å². The van der Waals surface area contributed by atoms with Crippen molar-refractivity contribution >= 4 is 21.7 Å². The first-order valence-corrected chi connectivity index (χ1v) is 6.55. The van der Waals surface area contributed by atoms with E-state index >= 15 is 0 Å². The van der Waals surface area contributed by atoms with Gasteiger partial charge in [-0.25, -0.2) is 0 Å². The third-order valence-corrected chi connectivity index (χ3v) is 3.27. The lowest BCUT2D eigenvalue weighted by atomic mass is 10.1. The average Bonchev–Trinajstić information content (AvgIpc) is 2.73. The van der Waals surface area contributed by atoms with Crippen LogP contribution in [0, 0.1) is 6.92 Å². The van der Waals surface area contributed by atoms with Crippen LogP contribution in [0.1, 0.15) is 5.56 Å². The summed E-state index contributed by atoms with van der Waals surface area (Å²) in [5.41, 5.74) is 3.29. The lowest BCUT2D eigenvalue weighted by Gasteiger charge is -2.03. The van der Waals surface area contributed by atoms with Crippen molar-refractivity contribution < 1.29 is 4.74 Å². The Morgan fingerprint density at radius 2 is 2.06 bits per heavy atom. The highest BCUT2D eigenvalue weighted by molar-refractivity contribution is 9.10. The van der Waals surface area contributed by atoms with Crippen molar-refractivity contribution in [1.82, 2.24) is 10.2 Å². The molecule has 2 rings (SSSR count). The molecule has 0 radical (unpaired) electrons. The van der Waals surface area contributed by atoms with Gasteiger partial charge in [-0.15, -0.1) is 0 Å². The van der Waals surface area contributed by atoms with Crippen LogP contribution >= 0.6 is 15.9 Å². The molecule has 96 valence electrons. The summed E-state index contributed by atoms with van der Waals surface area (Å²) in [6.45, 7) is 3.47. The second-order valence-corrected chi connectivity index (χ2v) is 4.91. The lowest BCUT2D eigenvalue weighted by molar-refractivity contribution is 0.210. The number of methoxy groups -OCH3 is 1. The van der Waals surface area contributed by atoms with Crippen LogP contribution in [-0.4, -0.2) is 30.5 Å². The molecule has 2 aromatic rings. The molecule has 0 spiro atoms. The quantitative estimate of drug-likeness (QED) is 0.834. The molecular weight excluding hydrogens is 294 g/mol. The second kappa shape index (κ2) is 6.02. The Kier molecular flexibility index (Phi) is 4.38. The molecule has 0 amide bonds. The lowest BCUT2D eigenvalue weighted by Crippen LogP contribution is -2.08. The zero-order valence-corrected chi connectivity index (χ0v) is 12.0. The van der Waals surface area contributed by atoms with Crippen LogP contribution in [-0.2, 0) is 4.74 Å². The van der Waals surface area contributed by atoms with E-state index < -0.39 is 0 Å². The SMILES string of the molecule is COCCNc1n[nH]c(-c2ccc(Br)cc2)c1C. The Labute approximate surface area is 115 Å². The normalized spacial score (nSPS) is 10.6. The Morgan fingerprint density at radius 1 is 1.33 bits per heavy atom. The predicted molar refractivity (Wildman–Crippen MR) is 76.8 cm³/mol. The van der Waals surface area contributed by atoms with Gasteiger partial charge in [-0.1, -0.05) is 28.1 Å². The molecule has 0 atom stereocenters. The minimum Gasteiger partial charge on any atom is -0.383 e. The van der Waals surface area contributed by atoms with Gasteiger partial charge in [-0.05, 0) is 24.6 Å². The van der Waals surface area contributed by atoms with Gasteiger partial charge in [0.05, 0.1) is 12.3 Å². The summed E-state index contributed by atoms with van der Waals surface area (Å²) in [5, 5.41) is 10.6. The molecule has 0 saturated heterocycles. The molecule has 0 unspecified atom stereocenters. The smallest absolute Gasteiger partial charge is 0.151 e. The molecule has 5 heteroatoms. The van der Waals surface area contributed by atoms with Gasteiger partial charge in [-0.3, -0.25) is 5.10 Å². The average molecular weight is 310 g/mol. The summed E-state index contributed by atoms with van der Waals surface area (Å²) in [4.78, 5) is 0. The van der Waals surface area contributed by atoms with E-state index in [-0.39, 0.29) is 0 Å². The van der Waals surface area contributed by atoms with Crippen molar-refractivity contribution in [3.63, 3.8) is 0 Å². The summed E-state index contributed by atoms with van der Waals surface area (Å²) < 4.78 is 6.07. The number of anilines is 1. The Bertz CT molecular complexity index is 507. The van der Waals surface area contributed by atoms with E-state index in [1.165, 1.54) is 0 Å². The van der Waals surface area contributed by atoms with Crippen molar-refractivity contribution in [2.75, 3.05) is 25.6 Å². The van der Waals surface area contributed by atoms with E-state index in [1.807, 2.05) is 12.1 Å². The number of hydrogen-bond donors (Lipinski definition) is 2. The molecular formula is C13H16BrN3O. The first-order chi connectivity index (χ1) is 8.72. The van der Waals surface area contributed by atoms with Gasteiger partial charge in [0.15, 0.2) is 5.82 Å². The molecule has 0 fully saturated rings. The molecule has 4 nitrogen and oxygen atoms in total. The van der Waals surface area contributed by atoms with Crippen LogP contribution in [0.15, 0.2) is 28.7 Å². The van der Waals surface area contributed by atoms with Gasteiger partial charge in [0, 0.05) is 23.7 Å². The number of hydrogen-bond acceptors (Lipinski definition) is 3. The van der Waals surface area contributed by atoms with Gasteiger partial charge in [-0.2, -0.15) is 5.10 Å². The van der Waals surface area contributed by atoms with Crippen LogP contribution in [0.5, 0.6) is 0 Å². The molecule has 0 bridgehead atoms. The molecule has 18 heavy (non-hydrogen) atoms. The monoisotopic (exact) mass is 309 g/mol. The molecule has 0 aliphatic carbocycles. The Hall–Kier alpha value is -1.33. The molecule has 2 N–H and O–H groups in total. The largest absolute Gasteiger partial charge is 0.383 e. The van der Waals surface area contributed by atoms with E-state index in [2.05, 4.69) is 50.5 Å². The third kappa shape index (κ3) is 2.91. The van der Waals surface area contributed by atoms with Crippen molar-refractivity contribution in [2.45, 2.75) is 6.92 Å². The van der Waals surface area contributed by atoms with E-state index in [4.69, 9.17) is 4.74 Å². The van der Waals surface area contributed by atoms with Gasteiger partial charge < -0.3 is 10.1 Å². The highest BCUT2D eigenvalue weighted by Crippen LogP contribution is 2.26. The molecule has 0 aliphatic heterocycles. The van der Waals surface area contributed by atoms with E-state index in [1.54, 1.807) is 7.11 Å². The topological polar surface area (TPSA) is 49.9 Å². The maximum Gasteiger partial charge on any atom is 0.151 e. The molecule has 0 aliphatic rings. The molecule has 1 aromatic carbocycles. The van der Waals surface area contributed by atoms with Gasteiger partial charge in [0.25, 0.3) is 0 Å². The highest BCUT2D eigenvalue weighted by Gasteiger charge is 2.09. The number of nitrogens with one attached hydrogen (secondary N) is 2. The summed E-state index contributed by atoms with van der Waals surface area (Å²) in [6, 6.07) is 8.16. The molecule has 0 saturated carbocycles. The number of halogens is 1. The number of nitrogens with zero attached hydrogens (tertiary/aromatic N) is 1. The predicted octanol–water partition coefficient (Wildman–Crippen LogP) is 3.21. The minimum atomic E-state index is 0.667. The fourth-order valence-corrected chi connectivity index (χ4v) is 2.00. The summed E-state index contributed by atoms with van der Waals surface area (Å²) in [7, 11) is 1.69. The summed E-state index contributed by atoms with van der Waals surface area (Å²) in [6.07, 6.45) is 0. The summed E-state index contributed by atoms with van der Waals surface area (Å²) in [5.74, 6) is 0.880. The van der Waals surface area contributed by atoms with Crippen LogP contribution < -0.4 is 5.32 Å². The van der Waals surface area contributed by atoms with Crippen molar-refractivity contribution in [3.05, 3.63) is 34.3 Å². The highest BCUT2D eigenvalue weighted by atomic mass is 79.9. The zero-order valence-electron chi connectivity index (χ0n) is 10.5. The van der Waals surface area contributed by atoms with Gasteiger partial charge >= 0.3 is 0 Å². The first kappa shape index (κ1) is 13.1. The van der Waals surface area contributed by atoms with E-state index in [9.17, 15) is 0 Å². The Balaban J connectivity index is 2.17. The number of ether oxygens (including phenoxy) is 1. The molecule has 1 aromatic heterocycles. The van der Waals surface area contributed by atoms with Crippen LogP contribution in [0.4, 0.5) is 5.82 Å². The van der Waals surface area contributed by atoms with Crippen LogP contribution in [0.2, 0.25) is 0 Å². The standard InChI is InChI=1S/C13H16BrN3O/c1-9-12(10-3-5-11(14)6-4-10)16-17-13(9)15-7-8-18-2/h3-6H,7-8H2,1-2H3,(H2,15,16,17). The van der Waals surface area contributed by atoms with Gasteiger partial charge in [0.2, 0.25) is 0 Å².